The van der Waals surface area contributed by atoms with Crippen LogP contribution in [-0.2, 0) is 0 Å². The van der Waals surface area contributed by atoms with Gasteiger partial charge < -0.3 is 9.73 Å². The van der Waals surface area contributed by atoms with Crippen molar-refractivity contribution in [3.63, 3.8) is 0 Å². The number of para-hydroxylation sites is 1. The van der Waals surface area contributed by atoms with Gasteiger partial charge in [0.2, 0.25) is 0 Å². The van der Waals surface area contributed by atoms with Gasteiger partial charge in [0.1, 0.15) is 5.58 Å². The monoisotopic (exact) mass is 282 g/mol. The van der Waals surface area contributed by atoms with Crippen LogP contribution in [0.3, 0.4) is 0 Å². The summed E-state index contributed by atoms with van der Waals surface area (Å²) >= 11 is 0. The molecule has 1 N–H and O–H groups in total. The molecular formula is C15H10N2O4. The number of carbonyl (C=O) groups is 1. The molecule has 0 saturated carbocycles. The Balaban J connectivity index is 1.80. The molecule has 1 aromatic heterocycles. The van der Waals surface area contributed by atoms with Crippen LogP contribution in [0, 0.1) is 10.1 Å². The molecule has 0 spiro atoms. The molecule has 0 bridgehead atoms. The van der Waals surface area contributed by atoms with Gasteiger partial charge in [0.25, 0.3) is 11.6 Å². The highest BCUT2D eigenvalue weighted by Crippen LogP contribution is 2.20. The Hall–Kier alpha value is -3.15. The summed E-state index contributed by atoms with van der Waals surface area (Å²) in [5.41, 5.74) is 1.06. The summed E-state index contributed by atoms with van der Waals surface area (Å²) in [6, 6.07) is 14.6. The SMILES string of the molecule is O=C(Nc1ccc([N+](=O)[O-])cc1)c1cc2ccccc2o1. The number of anilines is 1. The van der Waals surface area contributed by atoms with Crippen molar-refractivity contribution in [3.8, 4) is 0 Å². The Morgan fingerprint density at radius 2 is 1.81 bits per heavy atom. The molecule has 0 aliphatic heterocycles. The highest BCUT2D eigenvalue weighted by Gasteiger charge is 2.13. The second kappa shape index (κ2) is 5.09. The molecule has 1 heterocycles. The number of hydrogen-bond donors (Lipinski definition) is 1. The molecule has 104 valence electrons. The summed E-state index contributed by atoms with van der Waals surface area (Å²) in [6.45, 7) is 0. The van der Waals surface area contributed by atoms with Crippen molar-refractivity contribution in [1.29, 1.82) is 0 Å². The first-order chi connectivity index (χ1) is 10.1. The Morgan fingerprint density at radius 3 is 2.48 bits per heavy atom. The average Bonchev–Trinajstić information content (AvgIpc) is 2.92. The minimum Gasteiger partial charge on any atom is -0.451 e. The Bertz CT molecular complexity index is 788. The maximum Gasteiger partial charge on any atom is 0.291 e. The molecule has 0 atom stereocenters. The van der Waals surface area contributed by atoms with Crippen molar-refractivity contribution < 1.29 is 14.1 Å². The van der Waals surface area contributed by atoms with Gasteiger partial charge >= 0.3 is 0 Å². The predicted molar refractivity (Wildman–Crippen MR) is 77.3 cm³/mol. The lowest BCUT2D eigenvalue weighted by atomic mass is 10.2. The Kier molecular flexibility index (Phi) is 3.12. The van der Waals surface area contributed by atoms with E-state index in [0.29, 0.717) is 11.3 Å². The van der Waals surface area contributed by atoms with Crippen LogP contribution >= 0.6 is 0 Å². The lowest BCUT2D eigenvalue weighted by Crippen LogP contribution is -2.10. The number of nitrogens with zero attached hydrogens (tertiary/aromatic N) is 1. The van der Waals surface area contributed by atoms with Crippen molar-refractivity contribution in [3.05, 3.63) is 70.5 Å². The fourth-order valence-corrected chi connectivity index (χ4v) is 1.95. The molecule has 6 heteroatoms. The number of nitrogens with one attached hydrogen (secondary N) is 1. The third-order valence-electron chi connectivity index (χ3n) is 2.99. The van der Waals surface area contributed by atoms with Crippen LogP contribution in [0.25, 0.3) is 11.0 Å². The van der Waals surface area contributed by atoms with Crippen LogP contribution in [-0.4, -0.2) is 10.8 Å². The minimum absolute atomic E-state index is 0.0308. The predicted octanol–water partition coefficient (Wildman–Crippen LogP) is 3.59. The van der Waals surface area contributed by atoms with Crippen LogP contribution in [0.15, 0.2) is 59.0 Å². The normalized spacial score (nSPS) is 10.5. The van der Waals surface area contributed by atoms with E-state index in [1.807, 2.05) is 18.2 Å². The van der Waals surface area contributed by atoms with Crippen LogP contribution < -0.4 is 5.32 Å². The smallest absolute Gasteiger partial charge is 0.291 e. The highest BCUT2D eigenvalue weighted by molar-refractivity contribution is 6.04. The first-order valence-electron chi connectivity index (χ1n) is 6.18. The van der Waals surface area contributed by atoms with Gasteiger partial charge in [0.05, 0.1) is 4.92 Å². The van der Waals surface area contributed by atoms with Gasteiger partial charge in [0.15, 0.2) is 5.76 Å². The van der Waals surface area contributed by atoms with E-state index in [9.17, 15) is 14.9 Å². The molecule has 0 unspecified atom stereocenters. The lowest BCUT2D eigenvalue weighted by molar-refractivity contribution is -0.384. The number of non-ortho nitro benzene ring substituents is 1. The molecule has 1 amide bonds. The summed E-state index contributed by atoms with van der Waals surface area (Å²) in [6.07, 6.45) is 0. The zero-order chi connectivity index (χ0) is 14.8. The Labute approximate surface area is 119 Å². The van der Waals surface area contributed by atoms with Gasteiger partial charge in [-0.1, -0.05) is 18.2 Å². The van der Waals surface area contributed by atoms with E-state index in [2.05, 4.69) is 5.32 Å². The molecule has 3 rings (SSSR count). The summed E-state index contributed by atoms with van der Waals surface area (Å²) in [4.78, 5) is 22.1. The largest absolute Gasteiger partial charge is 0.451 e. The van der Waals surface area contributed by atoms with Crippen molar-refractivity contribution in [2.75, 3.05) is 5.32 Å². The van der Waals surface area contributed by atoms with E-state index >= 15 is 0 Å². The third kappa shape index (κ3) is 2.59. The van der Waals surface area contributed by atoms with Crippen molar-refractivity contribution in [2.45, 2.75) is 0 Å². The van der Waals surface area contributed by atoms with Crippen LogP contribution in [0.1, 0.15) is 10.6 Å². The van der Waals surface area contributed by atoms with E-state index in [0.717, 1.165) is 5.39 Å². The molecule has 0 aliphatic rings. The standard InChI is InChI=1S/C15H10N2O4/c18-15(14-9-10-3-1-2-4-13(10)21-14)16-11-5-7-12(8-6-11)17(19)20/h1-9H,(H,16,18). The van der Waals surface area contributed by atoms with Gasteiger partial charge in [-0.25, -0.2) is 0 Å². The molecule has 0 fully saturated rings. The van der Waals surface area contributed by atoms with E-state index < -0.39 is 10.8 Å². The first-order valence-corrected chi connectivity index (χ1v) is 6.18. The molecule has 6 nitrogen and oxygen atoms in total. The number of nitro groups is 1. The topological polar surface area (TPSA) is 85.4 Å². The zero-order valence-corrected chi connectivity index (χ0v) is 10.8. The number of amides is 1. The van der Waals surface area contributed by atoms with E-state index in [1.54, 1.807) is 12.1 Å². The van der Waals surface area contributed by atoms with E-state index in [4.69, 9.17) is 4.42 Å². The number of carbonyl (C=O) groups excluding carboxylic acids is 1. The quantitative estimate of drug-likeness (QED) is 0.587. The first kappa shape index (κ1) is 12.9. The van der Waals surface area contributed by atoms with Crippen LogP contribution in [0.4, 0.5) is 11.4 Å². The second-order valence-electron chi connectivity index (χ2n) is 4.41. The number of fused-ring (bicyclic) bond motifs is 1. The van der Waals surface area contributed by atoms with Crippen molar-refractivity contribution in [1.82, 2.24) is 0 Å². The number of nitro benzene ring substituents is 1. The van der Waals surface area contributed by atoms with E-state index in [-0.39, 0.29) is 11.4 Å². The van der Waals surface area contributed by atoms with Crippen LogP contribution in [0.5, 0.6) is 0 Å². The van der Waals surface area contributed by atoms with Crippen molar-refractivity contribution >= 4 is 28.3 Å². The zero-order valence-electron chi connectivity index (χ0n) is 10.8. The molecule has 21 heavy (non-hydrogen) atoms. The molecule has 2 aromatic carbocycles. The molecule has 0 radical (unpaired) electrons. The average molecular weight is 282 g/mol. The van der Waals surface area contributed by atoms with Crippen molar-refractivity contribution in [2.24, 2.45) is 0 Å². The highest BCUT2D eigenvalue weighted by atomic mass is 16.6. The van der Waals surface area contributed by atoms with Gasteiger partial charge in [0, 0.05) is 23.2 Å². The molecule has 3 aromatic rings. The number of rotatable bonds is 3. The number of hydrogen-bond acceptors (Lipinski definition) is 4. The minimum atomic E-state index is -0.495. The van der Waals surface area contributed by atoms with Gasteiger partial charge in [-0.2, -0.15) is 0 Å². The second-order valence-corrected chi connectivity index (χ2v) is 4.41. The summed E-state index contributed by atoms with van der Waals surface area (Å²) in [5.74, 6) is -0.213. The summed E-state index contributed by atoms with van der Waals surface area (Å²) in [7, 11) is 0. The summed E-state index contributed by atoms with van der Waals surface area (Å²) < 4.78 is 5.44. The lowest BCUT2D eigenvalue weighted by Gasteiger charge is -2.02. The third-order valence-corrected chi connectivity index (χ3v) is 2.99. The van der Waals surface area contributed by atoms with Gasteiger partial charge in [-0.3, -0.25) is 14.9 Å². The number of benzene rings is 2. The number of furan rings is 1. The summed E-state index contributed by atoms with van der Waals surface area (Å²) in [5, 5.41) is 14.0. The molecule has 0 aliphatic carbocycles. The maximum absolute atomic E-state index is 12.1. The van der Waals surface area contributed by atoms with Crippen LogP contribution in [0.2, 0.25) is 0 Å². The van der Waals surface area contributed by atoms with Gasteiger partial charge in [-0.15, -0.1) is 0 Å². The fraction of sp³-hybridized carbons (Fsp3) is 0. The maximum atomic E-state index is 12.1. The molecule has 0 saturated heterocycles. The van der Waals surface area contributed by atoms with Gasteiger partial charge in [-0.05, 0) is 24.3 Å². The Morgan fingerprint density at radius 1 is 1.10 bits per heavy atom. The van der Waals surface area contributed by atoms with E-state index in [1.165, 1.54) is 24.3 Å². The fourth-order valence-electron chi connectivity index (χ4n) is 1.95. The molecular weight excluding hydrogens is 272 g/mol.